The first-order chi connectivity index (χ1) is 20.4. The lowest BCUT2D eigenvalue weighted by atomic mass is 10.0. The summed E-state index contributed by atoms with van der Waals surface area (Å²) < 4.78 is 90.4. The van der Waals surface area contributed by atoms with Gasteiger partial charge in [-0.1, -0.05) is 23.9 Å². The summed E-state index contributed by atoms with van der Waals surface area (Å²) in [6.07, 6.45) is -7.95. The number of ether oxygens (including phenoxy) is 2. The van der Waals surface area contributed by atoms with Crippen LogP contribution in [0.3, 0.4) is 0 Å². The number of halogens is 6. The second-order valence-corrected chi connectivity index (χ2v) is 11.0. The molecule has 228 valence electrons. The van der Waals surface area contributed by atoms with Crippen molar-refractivity contribution in [3.63, 3.8) is 0 Å². The maximum absolute atomic E-state index is 13.5. The molecule has 13 heteroatoms. The number of hydrogen-bond acceptors (Lipinski definition) is 7. The van der Waals surface area contributed by atoms with Gasteiger partial charge in [0.05, 0.1) is 24.8 Å². The highest BCUT2D eigenvalue weighted by molar-refractivity contribution is 8.17. The molecular weight excluding hydrogens is 596 g/mol. The molecule has 3 aromatic rings. The van der Waals surface area contributed by atoms with E-state index in [-0.39, 0.29) is 23.3 Å². The van der Waals surface area contributed by atoms with Gasteiger partial charge in [-0.2, -0.15) is 26.3 Å². The average molecular weight is 624 g/mol. The van der Waals surface area contributed by atoms with Crippen molar-refractivity contribution in [2.75, 3.05) is 44.7 Å². The number of hydrogen-bond donors (Lipinski definition) is 1. The van der Waals surface area contributed by atoms with E-state index in [1.54, 1.807) is 42.1 Å². The second-order valence-electron chi connectivity index (χ2n) is 9.87. The zero-order chi connectivity index (χ0) is 30.8. The lowest BCUT2D eigenvalue weighted by Gasteiger charge is -2.36. The molecular formula is C30H27F6N3O3S. The quantitative estimate of drug-likeness (QED) is 0.291. The number of phenols is 1. The lowest BCUT2D eigenvalue weighted by Crippen LogP contribution is -2.47. The normalized spacial score (nSPS) is 16.9. The van der Waals surface area contributed by atoms with Crippen molar-refractivity contribution in [1.29, 1.82) is 0 Å². The van der Waals surface area contributed by atoms with Gasteiger partial charge >= 0.3 is 12.4 Å². The molecule has 0 radical (unpaired) electrons. The van der Waals surface area contributed by atoms with Crippen LogP contribution in [0.15, 0.2) is 70.6 Å². The van der Waals surface area contributed by atoms with Crippen LogP contribution in [0.5, 0.6) is 17.2 Å². The van der Waals surface area contributed by atoms with Gasteiger partial charge < -0.3 is 24.4 Å². The first-order valence-electron chi connectivity index (χ1n) is 13.2. The number of phenolic OH excluding ortho intramolecular Hbond substituents is 1. The third-order valence-electron chi connectivity index (χ3n) is 7.00. The molecule has 5 rings (SSSR count). The molecule has 0 spiro atoms. The number of benzene rings is 3. The molecule has 6 nitrogen and oxygen atoms in total. The van der Waals surface area contributed by atoms with Gasteiger partial charge in [-0.3, -0.25) is 4.99 Å². The maximum Gasteiger partial charge on any atom is 0.416 e. The molecule has 2 aliphatic heterocycles. The van der Waals surface area contributed by atoms with E-state index >= 15 is 0 Å². The Hall–Kier alpha value is -4.00. The molecule has 0 amide bonds. The number of amidine groups is 1. The third-order valence-corrected chi connectivity index (χ3v) is 8.08. The fraction of sp³-hybridized carbons (Fsp3) is 0.300. The molecule has 2 aliphatic rings. The van der Waals surface area contributed by atoms with Gasteiger partial charge in [0, 0.05) is 42.3 Å². The van der Waals surface area contributed by atoms with Gasteiger partial charge in [-0.15, -0.1) is 0 Å². The van der Waals surface area contributed by atoms with Gasteiger partial charge in [-0.05, 0) is 60.2 Å². The van der Waals surface area contributed by atoms with Crippen LogP contribution in [0.2, 0.25) is 0 Å². The van der Waals surface area contributed by atoms with Gasteiger partial charge in [0.1, 0.15) is 12.4 Å². The molecule has 0 atom stereocenters. The van der Waals surface area contributed by atoms with Crippen LogP contribution in [0.4, 0.5) is 32.0 Å². The van der Waals surface area contributed by atoms with Crippen LogP contribution >= 0.6 is 11.8 Å². The minimum Gasteiger partial charge on any atom is -0.508 e. The Morgan fingerprint density at radius 2 is 1.56 bits per heavy atom. The van der Waals surface area contributed by atoms with E-state index in [0.717, 1.165) is 53.6 Å². The number of aliphatic imine (C=N–C) groups is 1. The fourth-order valence-electron chi connectivity index (χ4n) is 4.76. The van der Waals surface area contributed by atoms with Crippen molar-refractivity contribution in [2.24, 2.45) is 4.99 Å². The van der Waals surface area contributed by atoms with Crippen LogP contribution in [0.1, 0.15) is 22.3 Å². The maximum atomic E-state index is 13.5. The van der Waals surface area contributed by atoms with Gasteiger partial charge in [0.25, 0.3) is 0 Å². The second kappa shape index (κ2) is 12.3. The summed E-state index contributed by atoms with van der Waals surface area (Å²) in [5.74, 6) is 0.653. The Bertz CT molecular complexity index is 1520. The van der Waals surface area contributed by atoms with E-state index in [9.17, 15) is 31.4 Å². The van der Waals surface area contributed by atoms with E-state index < -0.39 is 35.6 Å². The van der Waals surface area contributed by atoms with Crippen LogP contribution in [0, 0.1) is 0 Å². The first-order valence-corrected chi connectivity index (χ1v) is 14.0. The zero-order valence-electron chi connectivity index (χ0n) is 22.9. The molecule has 0 aromatic heterocycles. The predicted molar refractivity (Wildman–Crippen MR) is 154 cm³/mol. The molecule has 1 fully saturated rings. The van der Waals surface area contributed by atoms with E-state index in [0.29, 0.717) is 12.6 Å². The Morgan fingerprint density at radius 3 is 2.21 bits per heavy atom. The molecule has 2 heterocycles. The summed E-state index contributed by atoms with van der Waals surface area (Å²) in [4.78, 5) is 10.2. The summed E-state index contributed by atoms with van der Waals surface area (Å²) in [7, 11) is 1.39. The van der Waals surface area contributed by atoms with E-state index in [2.05, 4.69) is 14.8 Å². The largest absolute Gasteiger partial charge is 0.508 e. The number of rotatable bonds is 6. The molecule has 0 unspecified atom stereocenters. The number of methoxy groups -OCH3 is 1. The number of piperazine rings is 1. The summed E-state index contributed by atoms with van der Waals surface area (Å²) >= 11 is 1.57. The summed E-state index contributed by atoms with van der Waals surface area (Å²) in [6, 6.07) is 13.6. The minimum atomic E-state index is -4.99. The van der Waals surface area contributed by atoms with Crippen molar-refractivity contribution in [1.82, 2.24) is 4.90 Å². The highest BCUT2D eigenvalue weighted by atomic mass is 32.2. The Balaban J connectivity index is 1.21. The number of nitrogens with zero attached hydrogens (tertiary/aromatic N) is 3. The Kier molecular flexibility index (Phi) is 8.72. The van der Waals surface area contributed by atoms with Crippen molar-refractivity contribution in [3.05, 3.63) is 87.8 Å². The van der Waals surface area contributed by atoms with E-state index in [4.69, 9.17) is 9.47 Å². The topological polar surface area (TPSA) is 57.5 Å². The molecule has 3 aromatic carbocycles. The smallest absolute Gasteiger partial charge is 0.416 e. The lowest BCUT2D eigenvalue weighted by molar-refractivity contribution is -0.143. The van der Waals surface area contributed by atoms with Crippen molar-refractivity contribution < 1.29 is 40.9 Å². The standard InChI is InChI=1S/C30H27F6N3O3S/c1-41-27-15-19(2-9-26(27)42-18-20-3-4-21(29(31,32)33)16-25(20)30(34,35)36)14-24-17-37-28(43-24)39-12-10-38(11-13-39)22-5-7-23(40)8-6-22/h2-9,14-16,40H,10-13,17-18H2,1H3. The number of alkyl halides is 6. The highest BCUT2D eigenvalue weighted by Gasteiger charge is 2.38. The average Bonchev–Trinajstić information content (AvgIpc) is 3.44. The van der Waals surface area contributed by atoms with Crippen molar-refractivity contribution in [3.8, 4) is 17.2 Å². The summed E-state index contributed by atoms with van der Waals surface area (Å²) in [5.41, 5.74) is -1.39. The van der Waals surface area contributed by atoms with Crippen LogP contribution in [-0.2, 0) is 19.0 Å². The molecule has 0 saturated carbocycles. The number of thioether (sulfide) groups is 1. The van der Waals surface area contributed by atoms with E-state index in [1.165, 1.54) is 7.11 Å². The Morgan fingerprint density at radius 1 is 0.860 bits per heavy atom. The molecule has 0 bridgehead atoms. The van der Waals surface area contributed by atoms with Crippen molar-refractivity contribution >= 4 is 28.7 Å². The minimum absolute atomic E-state index is 0.0937. The molecule has 1 N–H and O–H groups in total. The van der Waals surface area contributed by atoms with Crippen LogP contribution in [-0.4, -0.2) is 55.0 Å². The van der Waals surface area contributed by atoms with Gasteiger partial charge in [0.2, 0.25) is 0 Å². The number of anilines is 1. The first kappa shape index (κ1) is 30.5. The summed E-state index contributed by atoms with van der Waals surface area (Å²) in [5, 5.41) is 10.4. The third kappa shape index (κ3) is 7.32. The monoisotopic (exact) mass is 623 g/mol. The molecule has 0 aliphatic carbocycles. The molecule has 1 saturated heterocycles. The Labute approximate surface area is 248 Å². The SMILES string of the molecule is COc1cc(C=C2CN=C(N3CCN(c4ccc(O)cc4)CC3)S2)ccc1OCc1ccc(C(F)(F)F)cc1C(F)(F)F. The molecule has 43 heavy (non-hydrogen) atoms. The predicted octanol–water partition coefficient (Wildman–Crippen LogP) is 7.28. The highest BCUT2D eigenvalue weighted by Crippen LogP contribution is 2.39. The van der Waals surface area contributed by atoms with Crippen molar-refractivity contribution in [2.45, 2.75) is 19.0 Å². The van der Waals surface area contributed by atoms with Crippen LogP contribution < -0.4 is 14.4 Å². The fourth-order valence-corrected chi connectivity index (χ4v) is 5.76. The zero-order valence-corrected chi connectivity index (χ0v) is 23.7. The van der Waals surface area contributed by atoms with Crippen LogP contribution in [0.25, 0.3) is 6.08 Å². The van der Waals surface area contributed by atoms with Gasteiger partial charge in [-0.25, -0.2) is 0 Å². The van der Waals surface area contributed by atoms with E-state index in [1.807, 2.05) is 18.2 Å². The summed E-state index contributed by atoms with van der Waals surface area (Å²) in [6.45, 7) is 3.14. The van der Waals surface area contributed by atoms with Gasteiger partial charge in [0.15, 0.2) is 16.7 Å². The number of aromatic hydroxyl groups is 1.